The van der Waals surface area contributed by atoms with E-state index in [9.17, 15) is 14.0 Å². The SMILES string of the molecule is C[C@H](NC(=O)COC(=O)c1sc2cc(F)ccc2c1Cl)c1ccccc1. The molecule has 0 aliphatic carbocycles. The number of carbonyl (C=O) groups is 2. The molecule has 134 valence electrons. The highest BCUT2D eigenvalue weighted by Gasteiger charge is 2.20. The smallest absolute Gasteiger partial charge is 0.350 e. The van der Waals surface area contributed by atoms with Crippen molar-refractivity contribution in [1.82, 2.24) is 5.32 Å². The lowest BCUT2D eigenvalue weighted by Gasteiger charge is -2.14. The average molecular weight is 392 g/mol. The molecule has 26 heavy (non-hydrogen) atoms. The number of ether oxygens (including phenoxy) is 1. The summed E-state index contributed by atoms with van der Waals surface area (Å²) in [5.41, 5.74) is 0.946. The van der Waals surface area contributed by atoms with Crippen LogP contribution in [-0.4, -0.2) is 18.5 Å². The van der Waals surface area contributed by atoms with Crippen LogP contribution in [0, 0.1) is 5.82 Å². The Balaban J connectivity index is 1.62. The molecule has 1 N–H and O–H groups in total. The van der Waals surface area contributed by atoms with Crippen LogP contribution in [0.2, 0.25) is 5.02 Å². The Morgan fingerprint density at radius 3 is 2.69 bits per heavy atom. The van der Waals surface area contributed by atoms with E-state index in [0.717, 1.165) is 16.9 Å². The van der Waals surface area contributed by atoms with Crippen molar-refractivity contribution in [2.75, 3.05) is 6.61 Å². The predicted molar refractivity (Wildman–Crippen MR) is 100 cm³/mol. The molecule has 4 nitrogen and oxygen atoms in total. The summed E-state index contributed by atoms with van der Waals surface area (Å²) in [6.45, 7) is 1.42. The number of hydrogen-bond acceptors (Lipinski definition) is 4. The molecule has 1 amide bonds. The van der Waals surface area contributed by atoms with E-state index in [4.69, 9.17) is 16.3 Å². The second-order valence-corrected chi connectivity index (χ2v) is 7.09. The molecule has 0 bridgehead atoms. The van der Waals surface area contributed by atoms with Crippen LogP contribution in [0.5, 0.6) is 0 Å². The van der Waals surface area contributed by atoms with Crippen molar-refractivity contribution in [3.05, 3.63) is 69.8 Å². The Kier molecular flexibility index (Phi) is 5.54. The van der Waals surface area contributed by atoms with E-state index in [0.29, 0.717) is 10.1 Å². The fraction of sp³-hybridized carbons (Fsp3) is 0.158. The highest BCUT2D eigenvalue weighted by Crippen LogP contribution is 2.36. The van der Waals surface area contributed by atoms with Crippen molar-refractivity contribution in [3.8, 4) is 0 Å². The van der Waals surface area contributed by atoms with E-state index in [2.05, 4.69) is 5.32 Å². The second-order valence-electron chi connectivity index (χ2n) is 5.66. The number of esters is 1. The van der Waals surface area contributed by atoms with Gasteiger partial charge in [-0.3, -0.25) is 4.79 Å². The second kappa shape index (κ2) is 7.85. The van der Waals surface area contributed by atoms with Gasteiger partial charge in [-0.05, 0) is 30.7 Å². The van der Waals surface area contributed by atoms with E-state index in [1.807, 2.05) is 37.3 Å². The topological polar surface area (TPSA) is 55.4 Å². The fourth-order valence-corrected chi connectivity index (χ4v) is 3.90. The lowest BCUT2D eigenvalue weighted by molar-refractivity contribution is -0.124. The Morgan fingerprint density at radius 1 is 1.23 bits per heavy atom. The third-order valence-electron chi connectivity index (χ3n) is 3.79. The molecule has 1 atom stereocenters. The van der Waals surface area contributed by atoms with Crippen LogP contribution in [0.25, 0.3) is 10.1 Å². The van der Waals surface area contributed by atoms with Gasteiger partial charge in [-0.2, -0.15) is 0 Å². The molecule has 2 aromatic carbocycles. The maximum absolute atomic E-state index is 13.3. The Hall–Kier alpha value is -2.44. The van der Waals surface area contributed by atoms with Crippen LogP contribution >= 0.6 is 22.9 Å². The molecule has 0 unspecified atom stereocenters. The molecule has 3 aromatic rings. The van der Waals surface area contributed by atoms with E-state index < -0.39 is 24.3 Å². The predicted octanol–water partition coefficient (Wildman–Crippen LogP) is 4.73. The van der Waals surface area contributed by atoms with Crippen molar-refractivity contribution in [2.24, 2.45) is 0 Å². The molecule has 0 aliphatic rings. The molecule has 0 spiro atoms. The van der Waals surface area contributed by atoms with E-state index in [-0.39, 0.29) is 15.9 Å². The number of thiophene rings is 1. The van der Waals surface area contributed by atoms with Crippen molar-refractivity contribution in [2.45, 2.75) is 13.0 Å². The highest BCUT2D eigenvalue weighted by atomic mass is 35.5. The number of carbonyl (C=O) groups excluding carboxylic acids is 2. The molecule has 0 fully saturated rings. The van der Waals surface area contributed by atoms with Crippen molar-refractivity contribution >= 4 is 44.9 Å². The lowest BCUT2D eigenvalue weighted by atomic mass is 10.1. The summed E-state index contributed by atoms with van der Waals surface area (Å²) in [7, 11) is 0. The molecule has 7 heteroatoms. The van der Waals surface area contributed by atoms with Crippen LogP contribution in [0.3, 0.4) is 0 Å². The number of nitrogens with one attached hydrogen (secondary N) is 1. The molecule has 1 aromatic heterocycles. The van der Waals surface area contributed by atoms with E-state index in [1.54, 1.807) is 0 Å². The first-order chi connectivity index (χ1) is 12.5. The van der Waals surface area contributed by atoms with Gasteiger partial charge in [-0.25, -0.2) is 9.18 Å². The van der Waals surface area contributed by atoms with Gasteiger partial charge in [0, 0.05) is 10.1 Å². The van der Waals surface area contributed by atoms with E-state index in [1.165, 1.54) is 18.2 Å². The lowest BCUT2D eigenvalue weighted by Crippen LogP contribution is -2.31. The zero-order chi connectivity index (χ0) is 18.7. The van der Waals surface area contributed by atoms with Gasteiger partial charge in [-0.1, -0.05) is 41.9 Å². The van der Waals surface area contributed by atoms with Crippen LogP contribution in [0.1, 0.15) is 28.2 Å². The van der Waals surface area contributed by atoms with Gasteiger partial charge in [0.15, 0.2) is 6.61 Å². The normalized spacial score (nSPS) is 12.0. The summed E-state index contributed by atoms with van der Waals surface area (Å²) in [4.78, 5) is 24.4. The quantitative estimate of drug-likeness (QED) is 0.640. The number of rotatable bonds is 5. The van der Waals surface area contributed by atoms with Crippen molar-refractivity contribution in [1.29, 1.82) is 0 Å². The van der Waals surface area contributed by atoms with Crippen molar-refractivity contribution in [3.63, 3.8) is 0 Å². The third-order valence-corrected chi connectivity index (χ3v) is 5.43. The summed E-state index contributed by atoms with van der Waals surface area (Å²) in [6.07, 6.45) is 0. The van der Waals surface area contributed by atoms with Crippen LogP contribution in [0.15, 0.2) is 48.5 Å². The molecule has 0 saturated heterocycles. The summed E-state index contributed by atoms with van der Waals surface area (Å²) in [5, 5.41) is 3.53. The summed E-state index contributed by atoms with van der Waals surface area (Å²) in [5.74, 6) is -1.54. The van der Waals surface area contributed by atoms with Crippen LogP contribution in [0.4, 0.5) is 4.39 Å². The van der Waals surface area contributed by atoms with Gasteiger partial charge >= 0.3 is 5.97 Å². The highest BCUT2D eigenvalue weighted by molar-refractivity contribution is 7.21. The standard InChI is InChI=1S/C19H15ClFNO3S/c1-11(12-5-3-2-4-6-12)22-16(23)10-25-19(24)18-17(20)14-8-7-13(21)9-15(14)26-18/h2-9,11H,10H2,1H3,(H,22,23)/t11-/m0/s1. The van der Waals surface area contributed by atoms with Crippen LogP contribution in [-0.2, 0) is 9.53 Å². The minimum atomic E-state index is -0.709. The average Bonchev–Trinajstić information content (AvgIpc) is 2.96. The number of halogens is 2. The summed E-state index contributed by atoms with van der Waals surface area (Å²) in [6, 6.07) is 13.3. The van der Waals surface area contributed by atoms with Crippen LogP contribution < -0.4 is 5.32 Å². The molecule has 0 aliphatic heterocycles. The Morgan fingerprint density at radius 2 is 1.96 bits per heavy atom. The minimum Gasteiger partial charge on any atom is -0.451 e. The summed E-state index contributed by atoms with van der Waals surface area (Å²) >= 11 is 7.20. The van der Waals surface area contributed by atoms with Gasteiger partial charge in [0.1, 0.15) is 10.7 Å². The zero-order valence-electron chi connectivity index (χ0n) is 13.8. The molecule has 0 radical (unpaired) electrons. The number of fused-ring (bicyclic) bond motifs is 1. The van der Waals surface area contributed by atoms with Gasteiger partial charge in [0.25, 0.3) is 5.91 Å². The first-order valence-corrected chi connectivity index (χ1v) is 9.04. The maximum Gasteiger partial charge on any atom is 0.350 e. The Labute approximate surface area is 158 Å². The minimum absolute atomic E-state index is 0.149. The molecular weight excluding hydrogens is 377 g/mol. The van der Waals surface area contributed by atoms with E-state index >= 15 is 0 Å². The molecule has 0 saturated carbocycles. The molecular formula is C19H15ClFNO3S. The zero-order valence-corrected chi connectivity index (χ0v) is 15.4. The number of hydrogen-bond donors (Lipinski definition) is 1. The van der Waals surface area contributed by atoms with Crippen molar-refractivity contribution < 1.29 is 18.7 Å². The van der Waals surface area contributed by atoms with Gasteiger partial charge < -0.3 is 10.1 Å². The molecule has 3 rings (SSSR count). The van der Waals surface area contributed by atoms with Gasteiger partial charge in [0.2, 0.25) is 0 Å². The first-order valence-electron chi connectivity index (χ1n) is 7.84. The van der Waals surface area contributed by atoms with Gasteiger partial charge in [-0.15, -0.1) is 11.3 Å². The molecule has 1 heterocycles. The largest absolute Gasteiger partial charge is 0.451 e. The van der Waals surface area contributed by atoms with Gasteiger partial charge in [0.05, 0.1) is 11.1 Å². The number of benzene rings is 2. The fourth-order valence-electron chi connectivity index (χ4n) is 2.48. The summed E-state index contributed by atoms with van der Waals surface area (Å²) < 4.78 is 18.9. The third kappa shape index (κ3) is 4.03. The first kappa shape index (κ1) is 18.4. The number of amides is 1. The maximum atomic E-state index is 13.3. The Bertz CT molecular complexity index is 958. The monoisotopic (exact) mass is 391 g/mol.